The molecule has 1 aliphatic heterocycles. The maximum Gasteiger partial charge on any atom is 0.276 e. The van der Waals surface area contributed by atoms with Gasteiger partial charge in [-0.2, -0.15) is 0 Å². The van der Waals surface area contributed by atoms with E-state index in [4.69, 9.17) is 9.26 Å². The van der Waals surface area contributed by atoms with Crippen molar-refractivity contribution in [2.24, 2.45) is 0 Å². The number of amides is 1. The zero-order valence-corrected chi connectivity index (χ0v) is 10.6. The minimum absolute atomic E-state index is 0.0212. The van der Waals surface area contributed by atoms with Crippen molar-refractivity contribution in [3.63, 3.8) is 0 Å². The van der Waals surface area contributed by atoms with Crippen LogP contribution < -0.4 is 0 Å². The maximum atomic E-state index is 12.4. The molecule has 1 aromatic rings. The van der Waals surface area contributed by atoms with Gasteiger partial charge in [-0.05, 0) is 19.8 Å². The Balaban J connectivity index is 1.79. The highest BCUT2D eigenvalue weighted by atomic mass is 16.5. The highest BCUT2D eigenvalue weighted by Crippen LogP contribution is 2.29. The smallest absolute Gasteiger partial charge is 0.276 e. The molecule has 0 spiro atoms. The van der Waals surface area contributed by atoms with Gasteiger partial charge in [-0.3, -0.25) is 4.79 Å². The zero-order valence-electron chi connectivity index (χ0n) is 10.6. The third-order valence-corrected chi connectivity index (χ3v) is 3.84. The molecule has 1 saturated heterocycles. The molecule has 2 heterocycles. The lowest BCUT2D eigenvalue weighted by Gasteiger charge is -2.43. The Labute approximate surface area is 106 Å². The fourth-order valence-corrected chi connectivity index (χ4v) is 2.96. The summed E-state index contributed by atoms with van der Waals surface area (Å²) in [4.78, 5) is 14.3. The molecule has 5 nitrogen and oxygen atoms in total. The molecule has 0 radical (unpaired) electrons. The minimum atomic E-state index is -0.0212. The first-order valence-electron chi connectivity index (χ1n) is 6.61. The first-order valence-corrected chi connectivity index (χ1v) is 6.61. The molecule has 2 atom stereocenters. The van der Waals surface area contributed by atoms with Crippen molar-refractivity contribution in [1.29, 1.82) is 0 Å². The van der Waals surface area contributed by atoms with Crippen molar-refractivity contribution in [3.05, 3.63) is 17.5 Å². The normalized spacial score (nSPS) is 27.9. The van der Waals surface area contributed by atoms with Crippen LogP contribution in [0.25, 0.3) is 0 Å². The molecule has 1 saturated carbocycles. The van der Waals surface area contributed by atoms with Gasteiger partial charge in [0.2, 0.25) is 0 Å². The number of hydrogen-bond donors (Lipinski definition) is 0. The van der Waals surface area contributed by atoms with E-state index in [-0.39, 0.29) is 18.1 Å². The van der Waals surface area contributed by atoms with Crippen LogP contribution in [0, 0.1) is 6.92 Å². The van der Waals surface area contributed by atoms with E-state index in [2.05, 4.69) is 5.16 Å². The van der Waals surface area contributed by atoms with Gasteiger partial charge in [-0.25, -0.2) is 0 Å². The van der Waals surface area contributed by atoms with Crippen LogP contribution in [0.4, 0.5) is 0 Å². The van der Waals surface area contributed by atoms with E-state index < -0.39 is 0 Å². The fraction of sp³-hybridized carbons (Fsp3) is 0.692. The van der Waals surface area contributed by atoms with E-state index in [1.54, 1.807) is 13.0 Å². The topological polar surface area (TPSA) is 55.6 Å². The van der Waals surface area contributed by atoms with Gasteiger partial charge in [0.1, 0.15) is 5.76 Å². The van der Waals surface area contributed by atoms with Gasteiger partial charge in [0, 0.05) is 12.6 Å². The van der Waals surface area contributed by atoms with Crippen LogP contribution in [-0.4, -0.2) is 41.3 Å². The second-order valence-corrected chi connectivity index (χ2v) is 5.08. The quantitative estimate of drug-likeness (QED) is 0.762. The van der Waals surface area contributed by atoms with Crippen molar-refractivity contribution < 1.29 is 14.1 Å². The Hall–Kier alpha value is -1.36. The average Bonchev–Trinajstić information content (AvgIpc) is 2.84. The second-order valence-electron chi connectivity index (χ2n) is 5.08. The lowest BCUT2D eigenvalue weighted by atomic mass is 9.90. The van der Waals surface area contributed by atoms with Crippen LogP contribution in [0.3, 0.4) is 0 Å². The van der Waals surface area contributed by atoms with Gasteiger partial charge in [0.05, 0.1) is 18.8 Å². The fourth-order valence-electron chi connectivity index (χ4n) is 2.96. The summed E-state index contributed by atoms with van der Waals surface area (Å²) in [7, 11) is 0. The van der Waals surface area contributed by atoms with E-state index >= 15 is 0 Å². The van der Waals surface area contributed by atoms with Gasteiger partial charge in [-0.15, -0.1) is 0 Å². The highest BCUT2D eigenvalue weighted by Gasteiger charge is 2.37. The summed E-state index contributed by atoms with van der Waals surface area (Å²) >= 11 is 0. The van der Waals surface area contributed by atoms with E-state index in [0.29, 0.717) is 24.6 Å². The summed E-state index contributed by atoms with van der Waals surface area (Å²) in [5.41, 5.74) is 0.415. The van der Waals surface area contributed by atoms with Crippen LogP contribution in [0.2, 0.25) is 0 Å². The van der Waals surface area contributed by atoms with Gasteiger partial charge in [0.25, 0.3) is 5.91 Å². The molecule has 1 aromatic heterocycles. The predicted octanol–water partition coefficient (Wildman–Crippen LogP) is 1.77. The van der Waals surface area contributed by atoms with Crippen LogP contribution in [0.1, 0.15) is 41.9 Å². The van der Waals surface area contributed by atoms with Crippen molar-refractivity contribution in [3.8, 4) is 0 Å². The second kappa shape index (κ2) is 4.72. The standard InChI is InChI=1S/C13H18N2O3/c1-9-8-10(14-18-9)13(16)15-6-7-17-12-5-3-2-4-11(12)15/h8,11-12H,2-7H2,1H3/t11-,12+/m1/s1. The van der Waals surface area contributed by atoms with Gasteiger partial charge >= 0.3 is 0 Å². The summed E-state index contributed by atoms with van der Waals surface area (Å²) in [6.07, 6.45) is 4.68. The van der Waals surface area contributed by atoms with Gasteiger partial charge < -0.3 is 14.2 Å². The number of nitrogens with zero attached hydrogens (tertiary/aromatic N) is 2. The predicted molar refractivity (Wildman–Crippen MR) is 64.3 cm³/mol. The van der Waals surface area contributed by atoms with Gasteiger partial charge in [0.15, 0.2) is 5.69 Å². The number of carbonyl (C=O) groups excluding carboxylic acids is 1. The number of hydrogen-bond acceptors (Lipinski definition) is 4. The summed E-state index contributed by atoms with van der Waals surface area (Å²) < 4.78 is 10.7. The third kappa shape index (κ3) is 2.03. The number of carbonyl (C=O) groups is 1. The molecule has 3 rings (SSSR count). The molecule has 0 unspecified atom stereocenters. The van der Waals surface area contributed by atoms with E-state index in [9.17, 15) is 4.79 Å². The van der Waals surface area contributed by atoms with E-state index in [1.807, 2.05) is 4.90 Å². The van der Waals surface area contributed by atoms with Crippen molar-refractivity contribution in [2.45, 2.75) is 44.8 Å². The molecular formula is C13H18N2O3. The molecule has 5 heteroatoms. The van der Waals surface area contributed by atoms with E-state index in [1.165, 1.54) is 12.8 Å². The lowest BCUT2D eigenvalue weighted by molar-refractivity contribution is -0.0755. The molecule has 1 aliphatic carbocycles. The van der Waals surface area contributed by atoms with Crippen molar-refractivity contribution >= 4 is 5.91 Å². The molecule has 98 valence electrons. The summed E-state index contributed by atoms with van der Waals surface area (Å²) in [6, 6.07) is 1.92. The van der Waals surface area contributed by atoms with Crippen molar-refractivity contribution in [2.75, 3.05) is 13.2 Å². The SMILES string of the molecule is Cc1cc(C(=O)N2CCO[C@H]3CCCC[C@H]32)no1. The summed E-state index contributed by atoms with van der Waals surface area (Å²) in [5.74, 6) is 0.652. The molecule has 0 aromatic carbocycles. The highest BCUT2D eigenvalue weighted by molar-refractivity contribution is 5.92. The third-order valence-electron chi connectivity index (χ3n) is 3.84. The number of fused-ring (bicyclic) bond motifs is 1. The number of ether oxygens (including phenoxy) is 1. The number of morpholine rings is 1. The number of aryl methyl sites for hydroxylation is 1. The molecule has 18 heavy (non-hydrogen) atoms. The largest absolute Gasteiger partial charge is 0.374 e. The first-order chi connectivity index (χ1) is 8.75. The Bertz CT molecular complexity index is 441. The molecule has 1 amide bonds. The molecule has 2 fully saturated rings. The van der Waals surface area contributed by atoms with Crippen LogP contribution in [0.5, 0.6) is 0 Å². The summed E-state index contributed by atoms with van der Waals surface area (Å²) in [6.45, 7) is 3.09. The molecular weight excluding hydrogens is 232 g/mol. The maximum absolute atomic E-state index is 12.4. The first kappa shape index (κ1) is 11.7. The van der Waals surface area contributed by atoms with Crippen LogP contribution >= 0.6 is 0 Å². The molecule has 0 bridgehead atoms. The van der Waals surface area contributed by atoms with Crippen LogP contribution in [0.15, 0.2) is 10.6 Å². The minimum Gasteiger partial charge on any atom is -0.374 e. The zero-order chi connectivity index (χ0) is 12.5. The van der Waals surface area contributed by atoms with Crippen LogP contribution in [-0.2, 0) is 4.74 Å². The lowest BCUT2D eigenvalue weighted by Crippen LogP contribution is -2.54. The Morgan fingerprint density at radius 2 is 2.28 bits per heavy atom. The monoisotopic (exact) mass is 250 g/mol. The van der Waals surface area contributed by atoms with E-state index in [0.717, 1.165) is 12.8 Å². The Morgan fingerprint density at radius 3 is 3.06 bits per heavy atom. The molecule has 2 aliphatic rings. The number of rotatable bonds is 1. The number of aromatic nitrogens is 1. The average molecular weight is 250 g/mol. The summed E-state index contributed by atoms with van der Waals surface area (Å²) in [5, 5.41) is 3.82. The Morgan fingerprint density at radius 1 is 1.44 bits per heavy atom. The van der Waals surface area contributed by atoms with Crippen molar-refractivity contribution in [1.82, 2.24) is 10.1 Å². The molecule has 0 N–H and O–H groups in total. The van der Waals surface area contributed by atoms with Gasteiger partial charge in [-0.1, -0.05) is 18.0 Å². The Kier molecular flexibility index (Phi) is 3.07.